The minimum atomic E-state index is -0.930. The molecule has 0 aliphatic carbocycles. The number of amides is 1. The summed E-state index contributed by atoms with van der Waals surface area (Å²) >= 11 is 0. The zero-order valence-electron chi connectivity index (χ0n) is 16.7. The van der Waals surface area contributed by atoms with Gasteiger partial charge in [-0.3, -0.25) is 4.79 Å². The van der Waals surface area contributed by atoms with Crippen molar-refractivity contribution < 1.29 is 14.4 Å². The monoisotopic (exact) mass is 395 g/mol. The highest BCUT2D eigenvalue weighted by Crippen LogP contribution is 2.17. The van der Waals surface area contributed by atoms with Crippen LogP contribution in [0.1, 0.15) is 47.9 Å². The van der Waals surface area contributed by atoms with Crippen LogP contribution >= 0.6 is 0 Å². The Morgan fingerprint density at radius 1 is 1.21 bits per heavy atom. The van der Waals surface area contributed by atoms with Gasteiger partial charge in [-0.15, -0.1) is 0 Å². The van der Waals surface area contributed by atoms with Crippen LogP contribution in [-0.2, 0) is 17.8 Å². The Morgan fingerprint density at radius 2 is 2.00 bits per heavy atom. The fraction of sp³-hybridized carbons (Fsp3) is 0.429. The van der Waals surface area contributed by atoms with Gasteiger partial charge < -0.3 is 14.5 Å². The van der Waals surface area contributed by atoms with Gasteiger partial charge in [0.1, 0.15) is 12.6 Å². The highest BCUT2D eigenvalue weighted by molar-refractivity contribution is 5.80. The quantitative estimate of drug-likeness (QED) is 0.712. The van der Waals surface area contributed by atoms with Crippen LogP contribution in [0.5, 0.6) is 0 Å². The summed E-state index contributed by atoms with van der Waals surface area (Å²) in [6.07, 6.45) is 1.83. The van der Waals surface area contributed by atoms with E-state index in [-0.39, 0.29) is 12.5 Å². The van der Waals surface area contributed by atoms with Gasteiger partial charge in [0, 0.05) is 18.7 Å². The third kappa shape index (κ3) is 4.37. The Morgan fingerprint density at radius 3 is 2.72 bits per heavy atom. The lowest BCUT2D eigenvalue weighted by atomic mass is 10.1. The van der Waals surface area contributed by atoms with E-state index in [4.69, 9.17) is 4.52 Å². The first kappa shape index (κ1) is 19.3. The maximum Gasteiger partial charge on any atom is 0.251 e. The Hall–Kier alpha value is -3.00. The molecule has 1 aliphatic heterocycles. The molecule has 8 heteroatoms. The fourth-order valence-corrected chi connectivity index (χ4v) is 3.66. The van der Waals surface area contributed by atoms with E-state index in [2.05, 4.69) is 15.2 Å². The Kier molecular flexibility index (Phi) is 5.44. The summed E-state index contributed by atoms with van der Waals surface area (Å²) in [5, 5.41) is 18.4. The summed E-state index contributed by atoms with van der Waals surface area (Å²) in [4.78, 5) is 18.2. The first-order valence-electron chi connectivity index (χ1n) is 9.90. The normalized spacial score (nSPS) is 17.6. The minimum absolute atomic E-state index is 0.236. The predicted molar refractivity (Wildman–Crippen MR) is 105 cm³/mol. The van der Waals surface area contributed by atoms with Gasteiger partial charge in [-0.25, -0.2) is 4.68 Å². The van der Waals surface area contributed by atoms with Crippen molar-refractivity contribution in [3.05, 3.63) is 59.0 Å². The number of aliphatic hydroxyl groups excluding tert-OH is 1. The average molecular weight is 395 g/mol. The van der Waals surface area contributed by atoms with Crippen LogP contribution in [0.3, 0.4) is 0 Å². The highest BCUT2D eigenvalue weighted by atomic mass is 16.5. The van der Waals surface area contributed by atoms with Gasteiger partial charge in [-0.2, -0.15) is 10.1 Å². The van der Waals surface area contributed by atoms with Gasteiger partial charge in [0.2, 0.25) is 5.89 Å². The first-order valence-corrected chi connectivity index (χ1v) is 9.90. The second-order valence-corrected chi connectivity index (χ2v) is 7.56. The molecule has 4 rings (SSSR count). The van der Waals surface area contributed by atoms with Crippen molar-refractivity contribution in [3.8, 4) is 5.69 Å². The van der Waals surface area contributed by atoms with Gasteiger partial charge in [0.05, 0.1) is 11.4 Å². The molecule has 2 aromatic heterocycles. The van der Waals surface area contributed by atoms with Gasteiger partial charge in [-0.05, 0) is 56.9 Å². The Labute approximate surface area is 169 Å². The van der Waals surface area contributed by atoms with E-state index >= 15 is 0 Å². The van der Waals surface area contributed by atoms with Crippen LogP contribution in [0.15, 0.2) is 34.9 Å². The number of aromatic nitrogens is 4. The molecule has 1 fully saturated rings. The summed E-state index contributed by atoms with van der Waals surface area (Å²) < 4.78 is 7.24. The molecule has 1 atom stereocenters. The van der Waals surface area contributed by atoms with Gasteiger partial charge in [0.15, 0.2) is 5.82 Å². The van der Waals surface area contributed by atoms with Crippen LogP contribution in [0.4, 0.5) is 0 Å². The largest absolute Gasteiger partial charge is 0.383 e. The average Bonchev–Trinajstić information content (AvgIpc) is 3.24. The molecule has 0 bridgehead atoms. The van der Waals surface area contributed by atoms with E-state index in [0.29, 0.717) is 31.1 Å². The Balaban J connectivity index is 1.41. The van der Waals surface area contributed by atoms with Crippen molar-refractivity contribution in [2.24, 2.45) is 0 Å². The van der Waals surface area contributed by atoms with E-state index in [1.54, 1.807) is 4.90 Å². The van der Waals surface area contributed by atoms with Crippen molar-refractivity contribution >= 4 is 5.91 Å². The molecule has 1 unspecified atom stereocenters. The maximum atomic E-state index is 12.2. The number of benzene rings is 1. The third-order valence-corrected chi connectivity index (χ3v) is 5.14. The topological polar surface area (TPSA) is 97.3 Å². The number of nitrogens with zero attached hydrogens (tertiary/aromatic N) is 5. The summed E-state index contributed by atoms with van der Waals surface area (Å²) in [5.41, 5.74) is 4.14. The molecular formula is C21H25N5O3. The lowest BCUT2D eigenvalue weighted by Crippen LogP contribution is -2.37. The smallest absolute Gasteiger partial charge is 0.251 e. The molecule has 152 valence electrons. The third-order valence-electron chi connectivity index (χ3n) is 5.14. The number of hydrogen-bond acceptors (Lipinski definition) is 6. The Bertz CT molecular complexity index is 992. The molecule has 1 saturated heterocycles. The van der Waals surface area contributed by atoms with E-state index in [1.165, 1.54) is 0 Å². The lowest BCUT2D eigenvalue weighted by molar-refractivity contribution is -0.140. The molecule has 3 aromatic rings. The highest BCUT2D eigenvalue weighted by Gasteiger charge is 2.26. The fourth-order valence-electron chi connectivity index (χ4n) is 3.66. The number of carbonyl (C=O) groups excluding carboxylic acids is 1. The lowest BCUT2D eigenvalue weighted by Gasteiger charge is -2.19. The van der Waals surface area contributed by atoms with E-state index in [1.807, 2.05) is 48.9 Å². The molecular weight excluding hydrogens is 370 g/mol. The zero-order valence-corrected chi connectivity index (χ0v) is 16.7. The van der Waals surface area contributed by atoms with E-state index in [0.717, 1.165) is 35.5 Å². The molecule has 1 aliphatic rings. The van der Waals surface area contributed by atoms with Crippen LogP contribution in [0.25, 0.3) is 5.69 Å². The van der Waals surface area contributed by atoms with Gasteiger partial charge >= 0.3 is 0 Å². The van der Waals surface area contributed by atoms with Crippen LogP contribution in [0, 0.1) is 13.8 Å². The molecule has 1 amide bonds. The summed E-state index contributed by atoms with van der Waals surface area (Å²) in [6.45, 7) is 4.84. The van der Waals surface area contributed by atoms with Crippen molar-refractivity contribution in [3.63, 3.8) is 0 Å². The molecule has 0 radical (unpaired) electrons. The molecule has 0 spiro atoms. The number of rotatable bonds is 5. The van der Waals surface area contributed by atoms with Crippen LogP contribution in [0.2, 0.25) is 0 Å². The van der Waals surface area contributed by atoms with Crippen LogP contribution < -0.4 is 0 Å². The van der Waals surface area contributed by atoms with E-state index < -0.39 is 6.10 Å². The number of hydrogen-bond donors (Lipinski definition) is 1. The molecule has 1 N–H and O–H groups in total. The number of aryl methyl sites for hydroxylation is 2. The predicted octanol–water partition coefficient (Wildman–Crippen LogP) is 2.34. The molecule has 29 heavy (non-hydrogen) atoms. The number of carbonyl (C=O) groups is 1. The second-order valence-electron chi connectivity index (χ2n) is 7.56. The molecule has 8 nitrogen and oxygen atoms in total. The van der Waals surface area contributed by atoms with Crippen LogP contribution in [-0.4, -0.2) is 48.5 Å². The summed E-state index contributed by atoms with van der Waals surface area (Å²) in [7, 11) is 0. The standard InChI is InChI=1S/C21H25N5O3/c1-14-11-15(2)26(23-14)17-8-6-16(7-9-17)12-19-22-20(29-24-19)13-25-10-4-3-5-18(27)21(25)28/h6-9,11,18,27H,3-5,10,12-13H2,1-2H3. The maximum absolute atomic E-state index is 12.2. The minimum Gasteiger partial charge on any atom is -0.383 e. The SMILES string of the molecule is Cc1cc(C)n(-c2ccc(Cc3noc(CN4CCCCC(O)C4=O)n3)cc2)n1. The summed E-state index contributed by atoms with van der Waals surface area (Å²) in [5.74, 6) is 0.699. The second kappa shape index (κ2) is 8.16. The van der Waals surface area contributed by atoms with E-state index in [9.17, 15) is 9.90 Å². The van der Waals surface area contributed by atoms with Gasteiger partial charge in [-0.1, -0.05) is 17.3 Å². The van der Waals surface area contributed by atoms with Crippen molar-refractivity contribution in [2.45, 2.75) is 52.2 Å². The van der Waals surface area contributed by atoms with Gasteiger partial charge in [0.25, 0.3) is 5.91 Å². The van der Waals surface area contributed by atoms with Crippen molar-refractivity contribution in [1.29, 1.82) is 0 Å². The van der Waals surface area contributed by atoms with Crippen molar-refractivity contribution in [2.75, 3.05) is 6.54 Å². The first-order chi connectivity index (χ1) is 14.0. The number of likely N-dealkylation sites (tertiary alicyclic amines) is 1. The molecule has 0 saturated carbocycles. The van der Waals surface area contributed by atoms with Crippen molar-refractivity contribution in [1.82, 2.24) is 24.8 Å². The number of aliphatic hydroxyl groups is 1. The zero-order chi connectivity index (χ0) is 20.4. The molecule has 1 aromatic carbocycles. The molecule has 3 heterocycles. The summed E-state index contributed by atoms with van der Waals surface area (Å²) in [6, 6.07) is 10.1.